The van der Waals surface area contributed by atoms with Crippen LogP contribution in [0.15, 0.2) is 12.2 Å². The highest BCUT2D eigenvalue weighted by molar-refractivity contribution is 5.85. The maximum atomic E-state index is 11.6. The van der Waals surface area contributed by atoms with Gasteiger partial charge in [0, 0.05) is 12.5 Å². The summed E-state index contributed by atoms with van der Waals surface area (Å²) in [4.78, 5) is 22.1. The first-order chi connectivity index (χ1) is 9.56. The number of ether oxygens (including phenoxy) is 1. The smallest absolute Gasteiger partial charge is 0.407 e. The summed E-state index contributed by atoms with van der Waals surface area (Å²) in [5.74, 6) is -0.0173. The number of carbonyl (C=O) groups is 2. The molecule has 120 valence electrons. The van der Waals surface area contributed by atoms with Crippen molar-refractivity contribution >= 4 is 24.5 Å². The van der Waals surface area contributed by atoms with Crippen molar-refractivity contribution < 1.29 is 19.4 Å². The second-order valence-electron chi connectivity index (χ2n) is 5.59. The van der Waals surface area contributed by atoms with Gasteiger partial charge in [0.2, 0.25) is 0 Å². The molecule has 0 aliphatic heterocycles. The Labute approximate surface area is 130 Å². The van der Waals surface area contributed by atoms with Crippen LogP contribution in [0.2, 0.25) is 0 Å². The average Bonchev–Trinajstić information content (AvgIpc) is 3.00. The van der Waals surface area contributed by atoms with Crippen molar-refractivity contribution in [2.24, 2.45) is 17.6 Å². The van der Waals surface area contributed by atoms with E-state index in [0.29, 0.717) is 37.6 Å². The molecular formula is C14H23ClN2O4. The summed E-state index contributed by atoms with van der Waals surface area (Å²) in [6, 6.07) is -0.817. The van der Waals surface area contributed by atoms with Crippen LogP contribution in [0.5, 0.6) is 0 Å². The molecule has 0 aromatic heterocycles. The number of nitrogens with one attached hydrogen (secondary N) is 1. The monoisotopic (exact) mass is 318 g/mol. The molecule has 2 aliphatic rings. The molecule has 3 unspecified atom stereocenters. The van der Waals surface area contributed by atoms with Gasteiger partial charge in [0.1, 0.15) is 12.1 Å². The molecule has 0 heterocycles. The zero-order chi connectivity index (χ0) is 14.5. The van der Waals surface area contributed by atoms with Crippen LogP contribution >= 0.6 is 12.4 Å². The zero-order valence-electron chi connectivity index (χ0n) is 11.9. The standard InChI is InChI=1S/C14H22N2O4.ClH/c15-11(13(17)18)3-1-2-6-16-14(19)20-12-8-9-4-5-10(12)7-9;/h4-5,9-12H,1-3,6-8,15H2,(H,16,19)(H,17,18);1H/t9?,10?,11-,12?;/m0./s1. The van der Waals surface area contributed by atoms with Crippen LogP contribution in [0.3, 0.4) is 0 Å². The summed E-state index contributed by atoms with van der Waals surface area (Å²) in [5, 5.41) is 11.3. The predicted octanol–water partition coefficient (Wildman–Crippen LogP) is 1.68. The van der Waals surface area contributed by atoms with Gasteiger partial charge in [0.15, 0.2) is 0 Å². The lowest BCUT2D eigenvalue weighted by molar-refractivity contribution is -0.138. The molecule has 0 spiro atoms. The van der Waals surface area contributed by atoms with Crippen molar-refractivity contribution in [1.29, 1.82) is 0 Å². The van der Waals surface area contributed by atoms with Gasteiger partial charge < -0.3 is 20.9 Å². The van der Waals surface area contributed by atoms with E-state index in [1.165, 1.54) is 0 Å². The molecule has 21 heavy (non-hydrogen) atoms. The molecule has 0 aromatic carbocycles. The highest BCUT2D eigenvalue weighted by Gasteiger charge is 2.37. The Balaban J connectivity index is 0.00000220. The number of alkyl carbamates (subject to hydrolysis) is 1. The fourth-order valence-electron chi connectivity index (χ4n) is 2.85. The fourth-order valence-corrected chi connectivity index (χ4v) is 2.85. The number of halogens is 1. The number of nitrogens with two attached hydrogens (primary N) is 1. The fraction of sp³-hybridized carbons (Fsp3) is 0.714. The van der Waals surface area contributed by atoms with Crippen molar-refractivity contribution in [1.82, 2.24) is 5.32 Å². The van der Waals surface area contributed by atoms with Gasteiger partial charge in [0.05, 0.1) is 0 Å². The van der Waals surface area contributed by atoms with Crippen molar-refractivity contribution in [3.05, 3.63) is 12.2 Å². The van der Waals surface area contributed by atoms with Crippen LogP contribution in [0.4, 0.5) is 4.79 Å². The maximum Gasteiger partial charge on any atom is 0.407 e. The van der Waals surface area contributed by atoms with Crippen molar-refractivity contribution in [3.8, 4) is 0 Å². The highest BCUT2D eigenvalue weighted by Crippen LogP contribution is 2.40. The zero-order valence-corrected chi connectivity index (χ0v) is 12.7. The van der Waals surface area contributed by atoms with Gasteiger partial charge in [-0.3, -0.25) is 4.79 Å². The molecule has 4 atom stereocenters. The van der Waals surface area contributed by atoms with Gasteiger partial charge in [-0.25, -0.2) is 4.79 Å². The molecule has 2 rings (SSSR count). The number of aliphatic carboxylic acids is 1. The lowest BCUT2D eigenvalue weighted by Crippen LogP contribution is -2.32. The molecule has 0 radical (unpaired) electrons. The molecule has 7 heteroatoms. The maximum absolute atomic E-state index is 11.6. The number of hydrogen-bond donors (Lipinski definition) is 3. The third-order valence-corrected chi connectivity index (χ3v) is 4.00. The van der Waals surface area contributed by atoms with Crippen LogP contribution < -0.4 is 11.1 Å². The molecule has 0 aromatic rings. The predicted molar refractivity (Wildman–Crippen MR) is 80.3 cm³/mol. The van der Waals surface area contributed by atoms with Gasteiger partial charge in [-0.15, -0.1) is 12.4 Å². The summed E-state index contributed by atoms with van der Waals surface area (Å²) >= 11 is 0. The summed E-state index contributed by atoms with van der Waals surface area (Å²) in [7, 11) is 0. The Morgan fingerprint density at radius 1 is 1.33 bits per heavy atom. The number of carboxylic acid groups (broad SMARTS) is 1. The summed E-state index contributed by atoms with van der Waals surface area (Å²) in [6.07, 6.45) is 7.81. The first kappa shape index (κ1) is 17.8. The Bertz CT molecular complexity index is 402. The van der Waals surface area contributed by atoms with E-state index < -0.39 is 12.0 Å². The molecule has 2 bridgehead atoms. The van der Waals surface area contributed by atoms with Crippen molar-refractivity contribution in [2.75, 3.05) is 6.54 Å². The first-order valence-corrected chi connectivity index (χ1v) is 7.17. The number of allylic oxidation sites excluding steroid dienone is 1. The lowest BCUT2D eigenvalue weighted by Gasteiger charge is -2.19. The van der Waals surface area contributed by atoms with Gasteiger partial charge >= 0.3 is 12.1 Å². The number of fused-ring (bicyclic) bond motifs is 2. The number of hydrogen-bond acceptors (Lipinski definition) is 4. The van der Waals surface area contributed by atoms with Gasteiger partial charge in [-0.1, -0.05) is 12.2 Å². The van der Waals surface area contributed by atoms with Crippen molar-refractivity contribution in [2.45, 2.75) is 44.2 Å². The Morgan fingerprint density at radius 2 is 2.10 bits per heavy atom. The molecule has 1 fully saturated rings. The first-order valence-electron chi connectivity index (χ1n) is 7.17. The minimum Gasteiger partial charge on any atom is -0.480 e. The van der Waals surface area contributed by atoms with Crippen LogP contribution in [-0.4, -0.2) is 35.9 Å². The van der Waals surface area contributed by atoms with E-state index in [1.807, 2.05) is 0 Å². The average molecular weight is 319 g/mol. The second-order valence-corrected chi connectivity index (χ2v) is 5.59. The Morgan fingerprint density at radius 3 is 2.67 bits per heavy atom. The van der Waals surface area contributed by atoms with Gasteiger partial charge in [0.25, 0.3) is 0 Å². The lowest BCUT2D eigenvalue weighted by atomic mass is 10.1. The summed E-state index contributed by atoms with van der Waals surface area (Å²) in [5.41, 5.74) is 5.38. The van der Waals surface area contributed by atoms with Crippen LogP contribution in [-0.2, 0) is 9.53 Å². The van der Waals surface area contributed by atoms with E-state index in [4.69, 9.17) is 15.6 Å². The number of carboxylic acids is 1. The van der Waals surface area contributed by atoms with Crippen LogP contribution in [0.1, 0.15) is 32.1 Å². The van der Waals surface area contributed by atoms with Gasteiger partial charge in [-0.2, -0.15) is 0 Å². The number of unbranched alkanes of at least 4 members (excludes halogenated alkanes) is 1. The number of rotatable bonds is 7. The second kappa shape index (κ2) is 8.24. The largest absolute Gasteiger partial charge is 0.480 e. The molecule has 0 saturated heterocycles. The molecule has 6 nitrogen and oxygen atoms in total. The van der Waals surface area contributed by atoms with E-state index in [-0.39, 0.29) is 24.6 Å². The minimum atomic E-state index is -0.985. The SMILES string of the molecule is Cl.N[C@@H](CCCCNC(=O)OC1CC2C=CC1C2)C(=O)O. The Kier molecular flexibility index (Phi) is 6.98. The molecule has 2 aliphatic carbocycles. The third kappa shape index (κ3) is 5.21. The highest BCUT2D eigenvalue weighted by atomic mass is 35.5. The normalized spacial score (nSPS) is 27.0. The number of carbonyl (C=O) groups excluding carboxylic acids is 1. The third-order valence-electron chi connectivity index (χ3n) is 4.00. The van der Waals surface area contributed by atoms with E-state index in [9.17, 15) is 9.59 Å². The molecule has 1 saturated carbocycles. The van der Waals surface area contributed by atoms with E-state index in [1.54, 1.807) is 0 Å². The van der Waals surface area contributed by atoms with E-state index in [2.05, 4.69) is 17.5 Å². The topological polar surface area (TPSA) is 102 Å². The van der Waals surface area contributed by atoms with E-state index in [0.717, 1.165) is 12.8 Å². The Hall–Kier alpha value is -1.27. The van der Waals surface area contributed by atoms with E-state index >= 15 is 0 Å². The molecule has 1 amide bonds. The van der Waals surface area contributed by atoms with Crippen LogP contribution in [0.25, 0.3) is 0 Å². The summed E-state index contributed by atoms with van der Waals surface area (Å²) in [6.45, 7) is 0.488. The molecule has 4 N–H and O–H groups in total. The molecular weight excluding hydrogens is 296 g/mol. The number of amides is 1. The minimum absolute atomic E-state index is 0. The van der Waals surface area contributed by atoms with Crippen molar-refractivity contribution in [3.63, 3.8) is 0 Å². The van der Waals surface area contributed by atoms with Crippen LogP contribution in [0, 0.1) is 11.8 Å². The quantitative estimate of drug-likeness (QED) is 0.489. The summed E-state index contributed by atoms with van der Waals surface area (Å²) < 4.78 is 5.39. The van der Waals surface area contributed by atoms with Gasteiger partial charge in [-0.05, 0) is 38.0 Å².